The minimum Gasteiger partial charge on any atom is -0.342 e. The predicted molar refractivity (Wildman–Crippen MR) is 99.9 cm³/mol. The van der Waals surface area contributed by atoms with E-state index in [2.05, 4.69) is 9.97 Å². The van der Waals surface area contributed by atoms with Crippen molar-refractivity contribution in [2.45, 2.75) is 6.54 Å². The summed E-state index contributed by atoms with van der Waals surface area (Å²) in [5.74, 6) is -0.0920. The van der Waals surface area contributed by atoms with Crippen molar-refractivity contribution < 1.29 is 9.59 Å². The molecule has 0 atom stereocenters. The second-order valence-corrected chi connectivity index (χ2v) is 6.38. The Morgan fingerprint density at radius 3 is 2.65 bits per heavy atom. The van der Waals surface area contributed by atoms with Gasteiger partial charge in [0.15, 0.2) is 12.1 Å². The van der Waals surface area contributed by atoms with Gasteiger partial charge in [-0.05, 0) is 23.8 Å². The summed E-state index contributed by atoms with van der Waals surface area (Å²) in [6.45, 7) is 0.614. The Balaban J connectivity index is 1.77. The Morgan fingerprint density at radius 1 is 1.15 bits per heavy atom. The summed E-state index contributed by atoms with van der Waals surface area (Å²) in [7, 11) is 0. The lowest BCUT2D eigenvalue weighted by atomic mass is 10.1. The number of carbonyl (C=O) groups is 2. The zero-order valence-electron chi connectivity index (χ0n) is 13.6. The van der Waals surface area contributed by atoms with Crippen molar-refractivity contribution in [3.8, 4) is 0 Å². The third-order valence-corrected chi connectivity index (χ3v) is 4.49. The average molecular weight is 364 g/mol. The molecule has 0 bridgehead atoms. The first kappa shape index (κ1) is 16.3. The maximum atomic E-state index is 12.9. The van der Waals surface area contributed by atoms with Crippen LogP contribution in [0.4, 0.5) is 0 Å². The maximum Gasteiger partial charge on any atom is 0.230 e. The lowest BCUT2D eigenvalue weighted by Gasteiger charge is -2.05. The molecule has 0 saturated heterocycles. The number of aromatic amines is 1. The molecule has 0 fully saturated rings. The molecule has 0 saturated carbocycles. The van der Waals surface area contributed by atoms with Crippen LogP contribution in [0.1, 0.15) is 32.2 Å². The third kappa shape index (κ3) is 2.93. The number of nitrogens with one attached hydrogen (secondary N) is 1. The van der Waals surface area contributed by atoms with E-state index in [9.17, 15) is 9.59 Å². The van der Waals surface area contributed by atoms with E-state index in [0.29, 0.717) is 23.4 Å². The van der Waals surface area contributed by atoms with E-state index in [1.807, 2.05) is 59.3 Å². The van der Waals surface area contributed by atoms with Gasteiger partial charge in [-0.3, -0.25) is 9.59 Å². The van der Waals surface area contributed by atoms with Crippen molar-refractivity contribution in [2.24, 2.45) is 0 Å². The number of benzene rings is 2. The highest BCUT2D eigenvalue weighted by Crippen LogP contribution is 2.24. The van der Waals surface area contributed by atoms with Crippen LogP contribution in [0.5, 0.6) is 0 Å². The van der Waals surface area contributed by atoms with Gasteiger partial charge in [0, 0.05) is 28.7 Å². The molecular weight excluding hydrogens is 350 g/mol. The summed E-state index contributed by atoms with van der Waals surface area (Å²) in [6, 6.07) is 15.3. The van der Waals surface area contributed by atoms with E-state index in [1.54, 1.807) is 0 Å². The van der Waals surface area contributed by atoms with Crippen LogP contribution < -0.4 is 0 Å². The molecule has 128 valence electrons. The number of ketones is 1. The van der Waals surface area contributed by atoms with E-state index in [-0.39, 0.29) is 17.3 Å². The van der Waals surface area contributed by atoms with Crippen LogP contribution in [-0.4, -0.2) is 26.6 Å². The first-order valence-corrected chi connectivity index (χ1v) is 8.40. The number of fused-ring (bicyclic) bond motifs is 1. The fraction of sp³-hybridized carbons (Fsp3) is 0.0500. The van der Waals surface area contributed by atoms with Gasteiger partial charge < -0.3 is 9.55 Å². The first-order chi connectivity index (χ1) is 12.7. The minimum absolute atomic E-state index is 0.154. The second-order valence-electron chi connectivity index (χ2n) is 5.95. The van der Waals surface area contributed by atoms with Gasteiger partial charge in [0.2, 0.25) is 5.78 Å². The minimum atomic E-state index is -0.246. The normalized spacial score (nSPS) is 11.0. The van der Waals surface area contributed by atoms with E-state index in [0.717, 1.165) is 16.5 Å². The summed E-state index contributed by atoms with van der Waals surface area (Å²) in [6.07, 6.45) is 3.81. The quantitative estimate of drug-likeness (QED) is 0.428. The van der Waals surface area contributed by atoms with Crippen LogP contribution in [0.2, 0.25) is 5.02 Å². The molecule has 0 aliphatic heterocycles. The molecule has 1 N–H and O–H groups in total. The van der Waals surface area contributed by atoms with Crippen molar-refractivity contribution in [1.82, 2.24) is 14.5 Å². The fourth-order valence-electron chi connectivity index (χ4n) is 2.98. The first-order valence-electron chi connectivity index (χ1n) is 8.03. The molecule has 0 unspecified atom stereocenters. The van der Waals surface area contributed by atoms with Gasteiger partial charge in [-0.15, -0.1) is 0 Å². The molecule has 5 nitrogen and oxygen atoms in total. The van der Waals surface area contributed by atoms with Crippen LogP contribution >= 0.6 is 11.6 Å². The summed E-state index contributed by atoms with van der Waals surface area (Å²) >= 11 is 5.95. The standard InChI is InChI=1S/C20H14ClN3O2/c21-14-7-5-13(6-8-14)10-24-11-17(16-3-1-2-4-18(16)24)19(26)20-22-9-15(12-25)23-20/h1-9,11-12H,10H2,(H,22,23). The van der Waals surface area contributed by atoms with Crippen molar-refractivity contribution in [1.29, 1.82) is 0 Å². The van der Waals surface area contributed by atoms with Crippen molar-refractivity contribution in [3.05, 3.63) is 88.6 Å². The molecule has 6 heteroatoms. The van der Waals surface area contributed by atoms with Gasteiger partial charge >= 0.3 is 0 Å². The fourth-order valence-corrected chi connectivity index (χ4v) is 3.11. The van der Waals surface area contributed by atoms with Crippen molar-refractivity contribution in [2.75, 3.05) is 0 Å². The molecule has 26 heavy (non-hydrogen) atoms. The highest BCUT2D eigenvalue weighted by molar-refractivity contribution is 6.30. The van der Waals surface area contributed by atoms with Crippen LogP contribution in [0, 0.1) is 0 Å². The van der Waals surface area contributed by atoms with Crippen molar-refractivity contribution in [3.63, 3.8) is 0 Å². The zero-order chi connectivity index (χ0) is 18.1. The number of aldehydes is 1. The molecule has 2 aromatic heterocycles. The van der Waals surface area contributed by atoms with E-state index >= 15 is 0 Å². The molecule has 0 aliphatic carbocycles. The highest BCUT2D eigenvalue weighted by atomic mass is 35.5. The Morgan fingerprint density at radius 2 is 1.92 bits per heavy atom. The number of nitrogens with zero attached hydrogens (tertiary/aromatic N) is 2. The van der Waals surface area contributed by atoms with Crippen molar-refractivity contribution >= 4 is 34.6 Å². The van der Waals surface area contributed by atoms with Gasteiger partial charge in [0.05, 0.1) is 17.5 Å². The van der Waals surface area contributed by atoms with E-state index in [1.165, 1.54) is 6.20 Å². The number of H-pyrrole nitrogens is 1. The molecule has 4 rings (SSSR count). The third-order valence-electron chi connectivity index (χ3n) is 4.24. The molecular formula is C20H14ClN3O2. The van der Waals surface area contributed by atoms with Gasteiger partial charge in [0.25, 0.3) is 0 Å². The Hall–Kier alpha value is -3.18. The summed E-state index contributed by atoms with van der Waals surface area (Å²) in [5, 5.41) is 1.53. The molecule has 2 aromatic carbocycles. The number of carbonyl (C=O) groups excluding carboxylic acids is 2. The van der Waals surface area contributed by atoms with Crippen LogP contribution in [-0.2, 0) is 6.54 Å². The number of imidazole rings is 1. The van der Waals surface area contributed by atoms with Gasteiger partial charge in [-0.1, -0.05) is 41.9 Å². The summed E-state index contributed by atoms with van der Waals surface area (Å²) in [5.41, 5.74) is 2.85. The summed E-state index contributed by atoms with van der Waals surface area (Å²) in [4.78, 5) is 30.4. The molecule has 0 spiro atoms. The number of hydrogen-bond acceptors (Lipinski definition) is 3. The number of rotatable bonds is 5. The van der Waals surface area contributed by atoms with Gasteiger partial charge in [-0.25, -0.2) is 4.98 Å². The maximum absolute atomic E-state index is 12.9. The lowest BCUT2D eigenvalue weighted by molar-refractivity contribution is 0.103. The molecule has 0 amide bonds. The van der Waals surface area contributed by atoms with Crippen LogP contribution in [0.3, 0.4) is 0 Å². The smallest absolute Gasteiger partial charge is 0.230 e. The van der Waals surface area contributed by atoms with Crippen LogP contribution in [0.15, 0.2) is 60.9 Å². The number of hydrogen-bond donors (Lipinski definition) is 1. The lowest BCUT2D eigenvalue weighted by Crippen LogP contribution is -2.04. The Labute approximate surface area is 154 Å². The molecule has 2 heterocycles. The SMILES string of the molecule is O=Cc1cnc(C(=O)c2cn(Cc3ccc(Cl)cc3)c3ccccc23)[nH]1. The average Bonchev–Trinajstić information content (AvgIpc) is 3.28. The van der Waals surface area contributed by atoms with E-state index < -0.39 is 0 Å². The molecule has 4 aromatic rings. The van der Waals surface area contributed by atoms with E-state index in [4.69, 9.17) is 11.6 Å². The highest BCUT2D eigenvalue weighted by Gasteiger charge is 2.19. The monoisotopic (exact) mass is 363 g/mol. The predicted octanol–water partition coefficient (Wildman–Crippen LogP) is 4.11. The second kappa shape index (κ2) is 6.61. The summed E-state index contributed by atoms with van der Waals surface area (Å²) < 4.78 is 2.02. The zero-order valence-corrected chi connectivity index (χ0v) is 14.4. The van der Waals surface area contributed by atoms with Gasteiger partial charge in [-0.2, -0.15) is 0 Å². The Kier molecular flexibility index (Phi) is 4.14. The van der Waals surface area contributed by atoms with Crippen LogP contribution in [0.25, 0.3) is 10.9 Å². The van der Waals surface area contributed by atoms with Gasteiger partial charge in [0.1, 0.15) is 0 Å². The Bertz CT molecular complexity index is 1110. The molecule has 0 radical (unpaired) electrons. The topological polar surface area (TPSA) is 67.8 Å². The number of aromatic nitrogens is 3. The molecule has 0 aliphatic rings. The largest absolute Gasteiger partial charge is 0.342 e. The number of para-hydroxylation sites is 1. The number of halogens is 1.